The zero-order chi connectivity index (χ0) is 9.59. The van der Waals surface area contributed by atoms with Crippen LogP contribution in [0, 0.1) is 13.8 Å². The van der Waals surface area contributed by atoms with Gasteiger partial charge in [0.2, 0.25) is 0 Å². The number of hydrogen-bond acceptors (Lipinski definition) is 2. The molecule has 0 saturated heterocycles. The average Bonchev–Trinajstić information content (AvgIpc) is 2.32. The van der Waals surface area contributed by atoms with E-state index in [-0.39, 0.29) is 5.56 Å². The highest BCUT2D eigenvalue weighted by atomic mass is 16.5. The zero-order valence-corrected chi connectivity index (χ0v) is 7.92. The molecule has 0 bridgehead atoms. The molecule has 0 unspecified atom stereocenters. The largest absolute Gasteiger partial charge is 0.376 e. The Morgan fingerprint density at radius 3 is 2.69 bits per heavy atom. The maximum Gasteiger partial charge on any atom is 0.290 e. The fourth-order valence-corrected chi connectivity index (χ4v) is 1.58. The summed E-state index contributed by atoms with van der Waals surface area (Å²) in [7, 11) is 1.62. The highest BCUT2D eigenvalue weighted by Gasteiger charge is 2.08. The van der Waals surface area contributed by atoms with E-state index in [9.17, 15) is 4.79 Å². The lowest BCUT2D eigenvalue weighted by Gasteiger charge is -1.94. The molecule has 1 heterocycles. The van der Waals surface area contributed by atoms with Gasteiger partial charge < -0.3 is 4.52 Å². The van der Waals surface area contributed by atoms with Crippen molar-refractivity contribution < 1.29 is 4.52 Å². The fourth-order valence-electron chi connectivity index (χ4n) is 1.58. The van der Waals surface area contributed by atoms with Crippen LogP contribution in [0.4, 0.5) is 0 Å². The Balaban J connectivity index is 3.03. The van der Waals surface area contributed by atoms with E-state index in [4.69, 9.17) is 4.52 Å². The molecule has 0 aliphatic heterocycles. The minimum absolute atomic E-state index is 0.0678. The third-order valence-electron chi connectivity index (χ3n) is 2.16. The molecule has 0 N–H and O–H groups in total. The molecular weight excluding hydrogens is 166 g/mol. The van der Waals surface area contributed by atoms with Crippen LogP contribution in [0.25, 0.3) is 11.0 Å². The van der Waals surface area contributed by atoms with Crippen molar-refractivity contribution in [1.29, 1.82) is 0 Å². The number of hydrogen-bond donors (Lipinski definition) is 0. The van der Waals surface area contributed by atoms with Gasteiger partial charge in [-0.25, -0.2) is 0 Å². The van der Waals surface area contributed by atoms with E-state index in [1.54, 1.807) is 7.05 Å². The molecule has 2 rings (SSSR count). The summed E-state index contributed by atoms with van der Waals surface area (Å²) in [5.74, 6) is 0. The summed E-state index contributed by atoms with van der Waals surface area (Å²) in [5.41, 5.74) is 2.72. The van der Waals surface area contributed by atoms with Crippen molar-refractivity contribution in [2.75, 3.05) is 0 Å². The van der Waals surface area contributed by atoms with E-state index >= 15 is 0 Å². The summed E-state index contributed by atoms with van der Waals surface area (Å²) in [6.07, 6.45) is 0. The number of nitrogens with zero attached hydrogens (tertiary/aromatic N) is 1. The number of rotatable bonds is 0. The Morgan fingerprint density at radius 2 is 2.00 bits per heavy atom. The maximum atomic E-state index is 11.5. The van der Waals surface area contributed by atoms with Gasteiger partial charge >= 0.3 is 0 Å². The monoisotopic (exact) mass is 177 g/mol. The molecule has 3 nitrogen and oxygen atoms in total. The van der Waals surface area contributed by atoms with Gasteiger partial charge in [0, 0.05) is 7.05 Å². The Labute approximate surface area is 75.5 Å². The lowest BCUT2D eigenvalue weighted by Crippen LogP contribution is -2.08. The van der Waals surface area contributed by atoms with Gasteiger partial charge in [0.1, 0.15) is 0 Å². The summed E-state index contributed by atoms with van der Waals surface area (Å²) in [6, 6.07) is 3.86. The molecule has 0 radical (unpaired) electrons. The van der Waals surface area contributed by atoms with Gasteiger partial charge in [-0.2, -0.15) is 4.74 Å². The number of benzene rings is 1. The third kappa shape index (κ3) is 1.08. The van der Waals surface area contributed by atoms with Crippen LogP contribution in [0.5, 0.6) is 0 Å². The molecule has 13 heavy (non-hydrogen) atoms. The van der Waals surface area contributed by atoms with Crippen molar-refractivity contribution >= 4 is 11.0 Å². The molecule has 0 fully saturated rings. The second kappa shape index (κ2) is 2.49. The van der Waals surface area contributed by atoms with E-state index in [0.29, 0.717) is 11.0 Å². The fraction of sp³-hybridized carbons (Fsp3) is 0.300. The summed E-state index contributed by atoms with van der Waals surface area (Å²) < 4.78 is 6.55. The molecule has 1 aromatic heterocycles. The van der Waals surface area contributed by atoms with E-state index in [1.807, 2.05) is 26.0 Å². The van der Waals surface area contributed by atoms with Gasteiger partial charge in [0.25, 0.3) is 5.56 Å². The van der Waals surface area contributed by atoms with Crippen LogP contribution in [-0.2, 0) is 7.05 Å². The lowest BCUT2D eigenvalue weighted by atomic mass is 10.1. The van der Waals surface area contributed by atoms with Gasteiger partial charge in [0.15, 0.2) is 5.58 Å². The van der Waals surface area contributed by atoms with E-state index in [0.717, 1.165) is 11.1 Å². The van der Waals surface area contributed by atoms with Crippen molar-refractivity contribution in [3.8, 4) is 0 Å². The smallest absolute Gasteiger partial charge is 0.290 e. The van der Waals surface area contributed by atoms with Crippen LogP contribution in [-0.4, -0.2) is 4.74 Å². The SMILES string of the molecule is Cc1cc(C)c2on(C)c(=O)c2c1. The average molecular weight is 177 g/mol. The van der Waals surface area contributed by atoms with Crippen LogP contribution in [0.15, 0.2) is 21.5 Å². The van der Waals surface area contributed by atoms with Crippen molar-refractivity contribution in [1.82, 2.24) is 4.74 Å². The highest BCUT2D eigenvalue weighted by Crippen LogP contribution is 2.17. The van der Waals surface area contributed by atoms with Gasteiger partial charge in [-0.3, -0.25) is 4.79 Å². The Morgan fingerprint density at radius 1 is 1.31 bits per heavy atom. The van der Waals surface area contributed by atoms with Crippen LogP contribution in [0.1, 0.15) is 11.1 Å². The predicted octanol–water partition coefficient (Wildman–Crippen LogP) is 1.75. The van der Waals surface area contributed by atoms with Crippen LogP contribution in [0.3, 0.4) is 0 Å². The standard InChI is InChI=1S/C10H11NO2/c1-6-4-7(2)9-8(5-6)10(12)11(3)13-9/h4-5H,1-3H3. The molecule has 2 aromatic rings. The first kappa shape index (κ1) is 8.10. The molecule has 0 aliphatic carbocycles. The topological polar surface area (TPSA) is 35.1 Å². The first-order valence-electron chi connectivity index (χ1n) is 4.17. The Hall–Kier alpha value is -1.51. The second-order valence-electron chi connectivity index (χ2n) is 3.35. The van der Waals surface area contributed by atoms with Crippen molar-refractivity contribution in [2.45, 2.75) is 13.8 Å². The molecular formula is C10H11NO2. The van der Waals surface area contributed by atoms with E-state index in [1.165, 1.54) is 4.74 Å². The Bertz CT molecular complexity index is 519. The summed E-state index contributed by atoms with van der Waals surface area (Å²) >= 11 is 0. The normalized spacial score (nSPS) is 11.0. The molecule has 0 saturated carbocycles. The second-order valence-corrected chi connectivity index (χ2v) is 3.35. The van der Waals surface area contributed by atoms with Gasteiger partial charge in [-0.15, -0.1) is 0 Å². The quantitative estimate of drug-likeness (QED) is 0.614. The maximum absolute atomic E-state index is 11.5. The summed E-state index contributed by atoms with van der Waals surface area (Å²) in [6.45, 7) is 3.91. The lowest BCUT2D eigenvalue weighted by molar-refractivity contribution is 0.323. The molecule has 3 heteroatoms. The number of aryl methyl sites for hydroxylation is 3. The Kier molecular flexibility index (Phi) is 1.55. The first-order valence-corrected chi connectivity index (χ1v) is 4.17. The third-order valence-corrected chi connectivity index (χ3v) is 2.16. The number of fused-ring (bicyclic) bond motifs is 1. The molecule has 0 amide bonds. The first-order chi connectivity index (χ1) is 6.09. The van der Waals surface area contributed by atoms with Gasteiger partial charge in [0.05, 0.1) is 5.39 Å². The highest BCUT2D eigenvalue weighted by molar-refractivity contribution is 5.79. The van der Waals surface area contributed by atoms with Crippen LogP contribution < -0.4 is 5.56 Å². The minimum atomic E-state index is -0.0678. The molecule has 0 spiro atoms. The zero-order valence-electron chi connectivity index (χ0n) is 7.92. The molecule has 0 aliphatic rings. The molecule has 68 valence electrons. The van der Waals surface area contributed by atoms with E-state index < -0.39 is 0 Å². The predicted molar refractivity (Wildman–Crippen MR) is 50.9 cm³/mol. The van der Waals surface area contributed by atoms with Crippen molar-refractivity contribution in [3.63, 3.8) is 0 Å². The van der Waals surface area contributed by atoms with Gasteiger partial charge in [-0.05, 0) is 31.0 Å². The van der Waals surface area contributed by atoms with Crippen LogP contribution >= 0.6 is 0 Å². The number of aromatic nitrogens is 1. The van der Waals surface area contributed by atoms with Crippen LogP contribution in [0.2, 0.25) is 0 Å². The summed E-state index contributed by atoms with van der Waals surface area (Å²) in [5, 5.41) is 0.667. The van der Waals surface area contributed by atoms with Gasteiger partial charge in [-0.1, -0.05) is 6.07 Å². The van der Waals surface area contributed by atoms with Crippen molar-refractivity contribution in [2.24, 2.45) is 7.05 Å². The molecule has 1 aromatic carbocycles. The molecule has 0 atom stereocenters. The van der Waals surface area contributed by atoms with E-state index in [2.05, 4.69) is 0 Å². The van der Waals surface area contributed by atoms with Crippen molar-refractivity contribution in [3.05, 3.63) is 33.6 Å². The summed E-state index contributed by atoms with van der Waals surface area (Å²) in [4.78, 5) is 11.5. The minimum Gasteiger partial charge on any atom is -0.376 e.